The largest absolute Gasteiger partial charge is 0.416 e. The van der Waals surface area contributed by atoms with Gasteiger partial charge in [-0.2, -0.15) is 0 Å². The highest BCUT2D eigenvalue weighted by molar-refractivity contribution is 6.05. The van der Waals surface area contributed by atoms with E-state index in [0.29, 0.717) is 11.1 Å². The molecule has 0 aliphatic rings. The first kappa shape index (κ1) is 20.0. The predicted molar refractivity (Wildman–Crippen MR) is 120 cm³/mol. The van der Waals surface area contributed by atoms with E-state index in [9.17, 15) is 14.9 Å². The lowest BCUT2D eigenvalue weighted by molar-refractivity contribution is -0.385. The molecule has 6 heteroatoms. The van der Waals surface area contributed by atoms with Crippen molar-refractivity contribution in [2.75, 3.05) is 0 Å². The van der Waals surface area contributed by atoms with E-state index in [1.165, 1.54) is 18.3 Å². The molecule has 0 heterocycles. The van der Waals surface area contributed by atoms with Crippen LogP contribution in [0.1, 0.15) is 21.5 Å². The maximum Gasteiger partial charge on any atom is 0.344 e. The molecular formula is C25H18N2O4. The molecule has 0 bridgehead atoms. The molecule has 0 amide bonds. The van der Waals surface area contributed by atoms with E-state index in [2.05, 4.69) is 4.99 Å². The summed E-state index contributed by atoms with van der Waals surface area (Å²) in [7, 11) is 0. The van der Waals surface area contributed by atoms with Crippen LogP contribution in [0.5, 0.6) is 5.75 Å². The summed E-state index contributed by atoms with van der Waals surface area (Å²) in [6, 6.07) is 24.6. The summed E-state index contributed by atoms with van der Waals surface area (Å²) < 4.78 is 5.41. The summed E-state index contributed by atoms with van der Waals surface area (Å²) in [5, 5.41) is 13.2. The standard InChI is InChI=1S/C25H18N2O4/c1-17-9-12-20(13-10-17)26-16-18-11-14-24(23(15-18)27(29)30)31-25(28)22-8-4-6-19-5-2-3-7-21(19)22/h2-16H,1H3. The number of nitrogens with zero attached hydrogens (tertiary/aromatic N) is 2. The lowest BCUT2D eigenvalue weighted by atomic mass is 10.0. The third-order valence-corrected chi connectivity index (χ3v) is 4.79. The molecule has 0 aliphatic heterocycles. The van der Waals surface area contributed by atoms with E-state index < -0.39 is 10.9 Å². The Hall–Kier alpha value is -4.32. The van der Waals surface area contributed by atoms with Crippen LogP contribution in [-0.4, -0.2) is 17.1 Å². The molecule has 0 aromatic heterocycles. The number of benzene rings is 4. The van der Waals surface area contributed by atoms with Crippen LogP contribution < -0.4 is 4.74 Å². The molecule has 0 saturated carbocycles. The lowest BCUT2D eigenvalue weighted by Gasteiger charge is -2.08. The number of nitro groups is 1. The van der Waals surface area contributed by atoms with Gasteiger partial charge < -0.3 is 4.74 Å². The molecular weight excluding hydrogens is 392 g/mol. The Morgan fingerprint density at radius 2 is 1.71 bits per heavy atom. The highest BCUT2D eigenvalue weighted by Crippen LogP contribution is 2.29. The number of hydrogen-bond acceptors (Lipinski definition) is 5. The van der Waals surface area contributed by atoms with Gasteiger partial charge in [0.15, 0.2) is 0 Å². The molecule has 4 rings (SSSR count). The predicted octanol–water partition coefficient (Wildman–Crippen LogP) is 6.03. The van der Waals surface area contributed by atoms with Crippen molar-refractivity contribution in [2.45, 2.75) is 6.92 Å². The van der Waals surface area contributed by atoms with Crippen molar-refractivity contribution in [3.8, 4) is 5.75 Å². The van der Waals surface area contributed by atoms with Gasteiger partial charge in [-0.1, -0.05) is 54.1 Å². The van der Waals surface area contributed by atoms with Crippen molar-refractivity contribution < 1.29 is 14.5 Å². The second-order valence-corrected chi connectivity index (χ2v) is 6.99. The quantitative estimate of drug-likeness (QED) is 0.132. The summed E-state index contributed by atoms with van der Waals surface area (Å²) >= 11 is 0. The minimum atomic E-state index is -0.652. The number of nitro benzene ring substituents is 1. The first-order valence-corrected chi connectivity index (χ1v) is 9.60. The topological polar surface area (TPSA) is 81.8 Å². The van der Waals surface area contributed by atoms with Gasteiger partial charge in [-0.05, 0) is 53.6 Å². The fourth-order valence-electron chi connectivity index (χ4n) is 3.18. The fraction of sp³-hybridized carbons (Fsp3) is 0.0400. The average Bonchev–Trinajstić information content (AvgIpc) is 2.78. The van der Waals surface area contributed by atoms with Crippen molar-refractivity contribution in [1.82, 2.24) is 0 Å². The smallest absolute Gasteiger partial charge is 0.344 e. The maximum absolute atomic E-state index is 12.8. The zero-order valence-electron chi connectivity index (χ0n) is 16.7. The highest BCUT2D eigenvalue weighted by Gasteiger charge is 2.20. The summed E-state index contributed by atoms with van der Waals surface area (Å²) in [5.74, 6) is -0.767. The van der Waals surface area contributed by atoms with Crippen molar-refractivity contribution in [2.24, 2.45) is 4.99 Å². The molecule has 0 spiro atoms. The van der Waals surface area contributed by atoms with Gasteiger partial charge in [0.25, 0.3) is 0 Å². The third kappa shape index (κ3) is 4.48. The summed E-state index contributed by atoms with van der Waals surface area (Å²) in [6.45, 7) is 1.98. The second-order valence-electron chi connectivity index (χ2n) is 6.99. The minimum Gasteiger partial charge on any atom is -0.416 e. The molecule has 152 valence electrons. The van der Waals surface area contributed by atoms with Crippen molar-refractivity contribution in [3.63, 3.8) is 0 Å². The zero-order chi connectivity index (χ0) is 21.8. The number of hydrogen-bond donors (Lipinski definition) is 0. The first-order valence-electron chi connectivity index (χ1n) is 9.60. The molecule has 31 heavy (non-hydrogen) atoms. The van der Waals surface area contributed by atoms with Crippen LogP contribution in [0.2, 0.25) is 0 Å². The van der Waals surface area contributed by atoms with Gasteiger partial charge in [-0.15, -0.1) is 0 Å². The van der Waals surface area contributed by atoms with Crippen LogP contribution in [-0.2, 0) is 0 Å². The first-order chi connectivity index (χ1) is 15.0. The van der Waals surface area contributed by atoms with Gasteiger partial charge in [0.05, 0.1) is 16.2 Å². The highest BCUT2D eigenvalue weighted by atomic mass is 16.6. The average molecular weight is 410 g/mol. The van der Waals surface area contributed by atoms with Gasteiger partial charge in [0, 0.05) is 12.3 Å². The molecule has 0 unspecified atom stereocenters. The zero-order valence-corrected chi connectivity index (χ0v) is 16.7. The van der Waals surface area contributed by atoms with E-state index in [1.807, 2.05) is 61.5 Å². The van der Waals surface area contributed by atoms with Gasteiger partial charge in [0.2, 0.25) is 5.75 Å². The lowest BCUT2D eigenvalue weighted by Crippen LogP contribution is -2.10. The van der Waals surface area contributed by atoms with E-state index in [4.69, 9.17) is 4.74 Å². The summed E-state index contributed by atoms with van der Waals surface area (Å²) in [5.41, 5.74) is 2.42. The van der Waals surface area contributed by atoms with Crippen LogP contribution in [0.25, 0.3) is 10.8 Å². The molecule has 0 atom stereocenters. The number of ether oxygens (including phenoxy) is 1. The Balaban J connectivity index is 1.61. The van der Waals surface area contributed by atoms with Gasteiger partial charge >= 0.3 is 11.7 Å². The number of esters is 1. The Morgan fingerprint density at radius 3 is 2.48 bits per heavy atom. The number of carbonyl (C=O) groups excluding carboxylic acids is 1. The second kappa shape index (κ2) is 8.59. The van der Waals surface area contributed by atoms with Crippen LogP contribution in [0.3, 0.4) is 0 Å². The van der Waals surface area contributed by atoms with Crippen LogP contribution >= 0.6 is 0 Å². The van der Waals surface area contributed by atoms with Crippen LogP contribution in [0.4, 0.5) is 11.4 Å². The van der Waals surface area contributed by atoms with Gasteiger partial charge in [-0.3, -0.25) is 15.1 Å². The van der Waals surface area contributed by atoms with Gasteiger partial charge in [0.1, 0.15) is 0 Å². The maximum atomic E-state index is 12.8. The molecule has 0 fully saturated rings. The summed E-state index contributed by atoms with van der Waals surface area (Å²) in [4.78, 5) is 28.1. The number of rotatable bonds is 5. The van der Waals surface area contributed by atoms with E-state index >= 15 is 0 Å². The number of fused-ring (bicyclic) bond motifs is 1. The summed E-state index contributed by atoms with van der Waals surface area (Å²) in [6.07, 6.45) is 1.54. The molecule has 0 radical (unpaired) electrons. The van der Waals surface area contributed by atoms with Crippen molar-refractivity contribution in [1.29, 1.82) is 0 Å². The normalized spacial score (nSPS) is 11.0. The number of carbonyl (C=O) groups is 1. The van der Waals surface area contributed by atoms with Crippen LogP contribution in [0.15, 0.2) is 89.9 Å². The van der Waals surface area contributed by atoms with Crippen LogP contribution in [0, 0.1) is 17.0 Å². The van der Waals surface area contributed by atoms with E-state index in [0.717, 1.165) is 22.0 Å². The molecule has 6 nitrogen and oxygen atoms in total. The minimum absolute atomic E-state index is 0.115. The Labute approximate surface area is 178 Å². The molecule has 0 aliphatic carbocycles. The molecule has 0 saturated heterocycles. The van der Waals surface area contributed by atoms with Gasteiger partial charge in [-0.25, -0.2) is 4.79 Å². The number of aliphatic imine (C=N–C) groups is 1. The number of aryl methyl sites for hydroxylation is 1. The third-order valence-electron chi connectivity index (χ3n) is 4.79. The Bertz CT molecular complexity index is 1310. The molecule has 4 aromatic rings. The fourth-order valence-corrected chi connectivity index (χ4v) is 3.18. The van der Waals surface area contributed by atoms with E-state index in [1.54, 1.807) is 18.2 Å². The van der Waals surface area contributed by atoms with Crippen molar-refractivity contribution >= 4 is 34.3 Å². The Kier molecular flexibility index (Phi) is 5.53. The Morgan fingerprint density at radius 1 is 0.968 bits per heavy atom. The van der Waals surface area contributed by atoms with E-state index in [-0.39, 0.29) is 11.4 Å². The molecule has 4 aromatic carbocycles. The SMILES string of the molecule is Cc1ccc(N=Cc2ccc(OC(=O)c3cccc4ccccc34)c([N+](=O)[O-])c2)cc1. The molecule has 0 N–H and O–H groups in total. The van der Waals surface area contributed by atoms with Crippen molar-refractivity contribution in [3.05, 3.63) is 112 Å². The monoisotopic (exact) mass is 410 g/mol.